The summed E-state index contributed by atoms with van der Waals surface area (Å²) in [5, 5.41) is 9.56. The molecule has 1 rings (SSSR count). The lowest BCUT2D eigenvalue weighted by molar-refractivity contribution is -0.161. The number of ketones is 1. The Morgan fingerprint density at radius 2 is 1.84 bits per heavy atom. The van der Waals surface area contributed by atoms with Gasteiger partial charge in [-0.3, -0.25) is 4.79 Å². The van der Waals surface area contributed by atoms with Crippen molar-refractivity contribution < 1.29 is 27.5 Å². The van der Waals surface area contributed by atoms with Gasteiger partial charge in [0.05, 0.1) is 10.0 Å². The van der Waals surface area contributed by atoms with Crippen LogP contribution in [0.2, 0.25) is 10.0 Å². The fourth-order valence-corrected chi connectivity index (χ4v) is 1.36. The predicted octanol–water partition coefficient (Wildman–Crippen LogP) is 4.36. The maximum absolute atomic E-state index is 12.7. The lowest BCUT2D eigenvalue weighted by Gasteiger charge is -2.11. The monoisotopic (exact) mass is 316 g/mol. The van der Waals surface area contributed by atoms with Crippen molar-refractivity contribution in [3.05, 3.63) is 39.9 Å². The molecule has 0 heterocycles. The molecule has 0 atom stereocenters. The Labute approximate surface area is 115 Å². The Kier molecular flexibility index (Phi) is 4.81. The summed E-state index contributed by atoms with van der Waals surface area (Å²) >= 11 is 11.2. The van der Waals surface area contributed by atoms with E-state index >= 15 is 0 Å². The van der Waals surface area contributed by atoms with Crippen LogP contribution in [-0.2, 0) is 4.79 Å². The van der Waals surface area contributed by atoms with E-state index in [1.807, 2.05) is 0 Å². The minimum absolute atomic E-state index is 0.00665. The van der Waals surface area contributed by atoms with E-state index in [1.54, 1.807) is 0 Å². The predicted molar refractivity (Wildman–Crippen MR) is 63.0 cm³/mol. The molecule has 19 heavy (non-hydrogen) atoms. The number of aliphatic hydroxyl groups excluding tert-OH is 1. The second kappa shape index (κ2) is 5.79. The van der Waals surface area contributed by atoms with E-state index in [0.29, 0.717) is 0 Å². The molecule has 0 aliphatic heterocycles. The van der Waals surface area contributed by atoms with Crippen molar-refractivity contribution in [2.45, 2.75) is 12.3 Å². The number of aliphatic hydroxyl groups is 1. The number of allylic oxidation sites excluding steroid dienone is 1. The highest BCUT2D eigenvalue weighted by atomic mass is 35.5. The molecule has 0 aromatic heterocycles. The first-order valence-corrected chi connectivity index (χ1v) is 5.48. The molecule has 0 saturated carbocycles. The van der Waals surface area contributed by atoms with Crippen molar-refractivity contribution in [1.82, 2.24) is 0 Å². The van der Waals surface area contributed by atoms with Crippen molar-refractivity contribution in [2.24, 2.45) is 0 Å². The standard InChI is InChI=1S/C11H6Cl2F4O2/c12-6-2-1-5(3-7(6)13)8(18)4-9(19)11(16,17)10(14)15/h1-4,10,18H/b8-4-. The number of alkyl halides is 4. The molecular weight excluding hydrogens is 311 g/mol. The fourth-order valence-electron chi connectivity index (χ4n) is 1.07. The molecule has 1 aromatic carbocycles. The third kappa shape index (κ3) is 3.61. The van der Waals surface area contributed by atoms with Gasteiger partial charge in [0.25, 0.3) is 0 Å². The summed E-state index contributed by atoms with van der Waals surface area (Å²) in [5.74, 6) is -7.97. The molecular formula is C11H6Cl2F4O2. The average molecular weight is 317 g/mol. The second-order valence-corrected chi connectivity index (χ2v) is 4.26. The van der Waals surface area contributed by atoms with Crippen molar-refractivity contribution in [2.75, 3.05) is 0 Å². The van der Waals surface area contributed by atoms with Gasteiger partial charge in [0.1, 0.15) is 5.76 Å². The summed E-state index contributed by atoms with van der Waals surface area (Å²) in [6, 6.07) is 3.54. The third-order valence-electron chi connectivity index (χ3n) is 2.09. The van der Waals surface area contributed by atoms with Crippen molar-refractivity contribution in [3.8, 4) is 0 Å². The molecule has 0 fully saturated rings. The summed E-state index contributed by atoms with van der Waals surface area (Å²) in [4.78, 5) is 10.9. The van der Waals surface area contributed by atoms with E-state index < -0.39 is 23.9 Å². The number of rotatable bonds is 4. The van der Waals surface area contributed by atoms with E-state index in [1.165, 1.54) is 12.1 Å². The van der Waals surface area contributed by atoms with Gasteiger partial charge < -0.3 is 5.11 Å². The van der Waals surface area contributed by atoms with Gasteiger partial charge in [0.15, 0.2) is 0 Å². The number of halogens is 6. The van der Waals surface area contributed by atoms with Gasteiger partial charge in [-0.25, -0.2) is 8.78 Å². The van der Waals surface area contributed by atoms with Crippen LogP contribution in [0.5, 0.6) is 0 Å². The summed E-state index contributed by atoms with van der Waals surface area (Å²) in [5.41, 5.74) is -0.104. The zero-order valence-electron chi connectivity index (χ0n) is 9.01. The van der Waals surface area contributed by atoms with Gasteiger partial charge in [-0.1, -0.05) is 23.2 Å². The van der Waals surface area contributed by atoms with Crippen molar-refractivity contribution >= 4 is 34.7 Å². The smallest absolute Gasteiger partial charge is 0.368 e. The van der Waals surface area contributed by atoms with Gasteiger partial charge in [-0.05, 0) is 18.2 Å². The first-order valence-electron chi connectivity index (χ1n) is 4.72. The summed E-state index contributed by atoms with van der Waals surface area (Å²) in [6.45, 7) is 0. The van der Waals surface area contributed by atoms with Crippen LogP contribution in [-0.4, -0.2) is 23.2 Å². The minimum atomic E-state index is -4.86. The van der Waals surface area contributed by atoms with Crippen LogP contribution in [0.4, 0.5) is 17.6 Å². The fraction of sp³-hybridized carbons (Fsp3) is 0.182. The Bertz CT molecular complexity index is 529. The molecule has 0 amide bonds. The molecule has 8 heteroatoms. The van der Waals surface area contributed by atoms with Crippen LogP contribution in [0, 0.1) is 0 Å². The molecule has 0 bridgehead atoms. The lowest BCUT2D eigenvalue weighted by Crippen LogP contribution is -2.35. The molecule has 0 spiro atoms. The normalized spacial score (nSPS) is 12.9. The van der Waals surface area contributed by atoms with E-state index in [4.69, 9.17) is 23.2 Å². The van der Waals surface area contributed by atoms with E-state index in [2.05, 4.69) is 0 Å². The number of carbonyl (C=O) groups excluding carboxylic acids is 1. The van der Waals surface area contributed by atoms with Crippen LogP contribution in [0.3, 0.4) is 0 Å². The molecule has 0 saturated heterocycles. The summed E-state index contributed by atoms with van der Waals surface area (Å²) in [7, 11) is 0. The lowest BCUT2D eigenvalue weighted by atomic mass is 10.1. The maximum atomic E-state index is 12.7. The largest absolute Gasteiger partial charge is 0.507 e. The number of hydrogen-bond acceptors (Lipinski definition) is 2. The number of benzene rings is 1. The van der Waals surface area contributed by atoms with Crippen molar-refractivity contribution in [1.29, 1.82) is 0 Å². The summed E-state index contributed by atoms with van der Waals surface area (Å²) in [6.07, 6.45) is -4.14. The molecule has 1 aromatic rings. The minimum Gasteiger partial charge on any atom is -0.507 e. The molecule has 0 radical (unpaired) electrons. The van der Waals surface area contributed by atoms with Gasteiger partial charge in [-0.15, -0.1) is 0 Å². The highest BCUT2D eigenvalue weighted by Crippen LogP contribution is 2.28. The first-order chi connectivity index (χ1) is 8.66. The van der Waals surface area contributed by atoms with E-state index in [9.17, 15) is 27.5 Å². The molecule has 104 valence electrons. The highest BCUT2D eigenvalue weighted by Gasteiger charge is 2.47. The third-order valence-corrected chi connectivity index (χ3v) is 2.82. The zero-order chi connectivity index (χ0) is 14.8. The van der Waals surface area contributed by atoms with E-state index in [-0.39, 0.29) is 21.7 Å². The average Bonchev–Trinajstić information content (AvgIpc) is 2.32. The highest BCUT2D eigenvalue weighted by molar-refractivity contribution is 6.42. The first kappa shape index (κ1) is 15.8. The van der Waals surface area contributed by atoms with Gasteiger partial charge in [-0.2, -0.15) is 8.78 Å². The SMILES string of the molecule is O=C(/C=C(\O)c1ccc(Cl)c(Cl)c1)C(F)(F)C(F)F. The summed E-state index contributed by atoms with van der Waals surface area (Å²) < 4.78 is 49.1. The Balaban J connectivity index is 3.05. The van der Waals surface area contributed by atoms with Crippen LogP contribution in [0.1, 0.15) is 5.56 Å². The second-order valence-electron chi connectivity index (χ2n) is 3.45. The maximum Gasteiger partial charge on any atom is 0.368 e. The Morgan fingerprint density at radius 1 is 1.26 bits per heavy atom. The van der Waals surface area contributed by atoms with Gasteiger partial charge in [0.2, 0.25) is 5.78 Å². The molecule has 0 aliphatic rings. The molecule has 1 N–H and O–H groups in total. The van der Waals surface area contributed by atoms with Crippen LogP contribution in [0.15, 0.2) is 24.3 Å². The van der Waals surface area contributed by atoms with Crippen molar-refractivity contribution in [3.63, 3.8) is 0 Å². The number of hydrogen-bond donors (Lipinski definition) is 1. The molecule has 2 nitrogen and oxygen atoms in total. The van der Waals surface area contributed by atoms with Crippen LogP contribution in [0.25, 0.3) is 5.76 Å². The quantitative estimate of drug-likeness (QED) is 0.509. The van der Waals surface area contributed by atoms with Gasteiger partial charge >= 0.3 is 12.3 Å². The van der Waals surface area contributed by atoms with Crippen LogP contribution < -0.4 is 0 Å². The Morgan fingerprint density at radius 3 is 2.32 bits per heavy atom. The molecule has 0 aliphatic carbocycles. The Hall–Kier alpha value is -1.27. The number of carbonyl (C=O) groups is 1. The van der Waals surface area contributed by atoms with Gasteiger partial charge in [0, 0.05) is 11.6 Å². The van der Waals surface area contributed by atoms with Crippen LogP contribution >= 0.6 is 23.2 Å². The molecule has 0 unspecified atom stereocenters. The zero-order valence-corrected chi connectivity index (χ0v) is 10.5. The van der Waals surface area contributed by atoms with E-state index in [0.717, 1.165) is 6.07 Å². The topological polar surface area (TPSA) is 37.3 Å².